The van der Waals surface area contributed by atoms with Gasteiger partial charge in [0.05, 0.1) is 18.2 Å². The van der Waals surface area contributed by atoms with Crippen molar-refractivity contribution in [2.24, 2.45) is 0 Å². The van der Waals surface area contributed by atoms with Crippen LogP contribution in [0.3, 0.4) is 0 Å². The third-order valence-corrected chi connectivity index (χ3v) is 5.95. The quantitative estimate of drug-likeness (QED) is 0.357. The molecule has 2 aromatic heterocycles. The Bertz CT molecular complexity index is 1300. The van der Waals surface area contributed by atoms with Crippen LogP contribution in [0, 0.1) is 13.8 Å². The summed E-state index contributed by atoms with van der Waals surface area (Å²) >= 11 is 1.49. The number of para-hydroxylation sites is 1. The molecule has 0 aliphatic rings. The Morgan fingerprint density at radius 1 is 1.06 bits per heavy atom. The fourth-order valence-corrected chi connectivity index (χ4v) is 4.41. The zero-order valence-corrected chi connectivity index (χ0v) is 18.3. The number of nitrogens with zero attached hydrogens (tertiary/aromatic N) is 3. The van der Waals surface area contributed by atoms with Gasteiger partial charge in [0, 0.05) is 23.2 Å². The van der Waals surface area contributed by atoms with Gasteiger partial charge < -0.3 is 10.1 Å². The van der Waals surface area contributed by atoms with Gasteiger partial charge in [0.15, 0.2) is 10.8 Å². The minimum absolute atomic E-state index is 0.139. The van der Waals surface area contributed by atoms with Gasteiger partial charge in [-0.1, -0.05) is 36.0 Å². The highest BCUT2D eigenvalue weighted by atomic mass is 32.2. The lowest BCUT2D eigenvalue weighted by molar-refractivity contribution is -0.115. The zero-order valence-electron chi connectivity index (χ0n) is 17.5. The van der Waals surface area contributed by atoms with Crippen molar-refractivity contribution in [3.8, 4) is 0 Å². The van der Waals surface area contributed by atoms with Gasteiger partial charge in [0.2, 0.25) is 5.91 Å². The number of hydrogen-bond acceptors (Lipinski definition) is 6. The molecule has 2 aromatic carbocycles. The largest absolute Gasteiger partial charge is 0.465 e. The van der Waals surface area contributed by atoms with Crippen molar-refractivity contribution in [3.63, 3.8) is 0 Å². The lowest BCUT2D eigenvalue weighted by Gasteiger charge is -2.10. The Kier molecular flexibility index (Phi) is 5.90. The maximum atomic E-state index is 12.4. The van der Waals surface area contributed by atoms with Crippen LogP contribution in [0.2, 0.25) is 0 Å². The third kappa shape index (κ3) is 4.25. The first kappa shape index (κ1) is 20.9. The molecule has 0 aliphatic heterocycles. The van der Waals surface area contributed by atoms with Crippen molar-refractivity contribution in [1.29, 1.82) is 0 Å². The van der Waals surface area contributed by atoms with E-state index in [0.29, 0.717) is 23.4 Å². The molecular formula is C23H22N4O3S. The number of methoxy groups -OCH3 is 1. The molecule has 31 heavy (non-hydrogen) atoms. The summed E-state index contributed by atoms with van der Waals surface area (Å²) in [6.45, 7) is 4.15. The fourth-order valence-electron chi connectivity index (χ4n) is 3.52. The molecule has 7 nitrogen and oxygen atoms in total. The Morgan fingerprint density at radius 3 is 2.68 bits per heavy atom. The number of thioether (sulfide) groups is 1. The Morgan fingerprint density at radius 2 is 1.87 bits per heavy atom. The van der Waals surface area contributed by atoms with Crippen molar-refractivity contribution < 1.29 is 14.3 Å². The Labute approximate surface area is 183 Å². The van der Waals surface area contributed by atoms with E-state index in [-0.39, 0.29) is 5.91 Å². The van der Waals surface area contributed by atoms with Crippen molar-refractivity contribution in [2.45, 2.75) is 25.4 Å². The van der Waals surface area contributed by atoms with E-state index >= 15 is 0 Å². The summed E-state index contributed by atoms with van der Waals surface area (Å²) in [6.07, 6.45) is 0.296. The van der Waals surface area contributed by atoms with Gasteiger partial charge in [0.25, 0.3) is 0 Å². The first-order valence-electron chi connectivity index (χ1n) is 9.83. The number of esters is 1. The van der Waals surface area contributed by atoms with Crippen LogP contribution in [-0.2, 0) is 9.53 Å². The maximum absolute atomic E-state index is 12.4. The second-order valence-corrected chi connectivity index (χ2v) is 8.26. The highest BCUT2D eigenvalue weighted by Crippen LogP contribution is 2.28. The predicted octanol–water partition coefficient (Wildman–Crippen LogP) is 4.41. The van der Waals surface area contributed by atoms with Crippen LogP contribution in [-0.4, -0.2) is 39.3 Å². The molecule has 4 aromatic rings. The maximum Gasteiger partial charge on any atom is 0.337 e. The van der Waals surface area contributed by atoms with E-state index in [9.17, 15) is 9.59 Å². The number of amides is 1. The number of anilines is 1. The van der Waals surface area contributed by atoms with E-state index in [1.54, 1.807) is 24.3 Å². The first-order valence-corrected chi connectivity index (χ1v) is 10.8. The summed E-state index contributed by atoms with van der Waals surface area (Å²) in [5.41, 5.74) is 5.14. The molecule has 0 radical (unpaired) electrons. The average molecular weight is 435 g/mol. The number of nitrogens with one attached hydrogen (secondary N) is 1. The summed E-state index contributed by atoms with van der Waals surface area (Å²) in [6, 6.07) is 14.9. The molecule has 1 N–H and O–H groups in total. The minimum atomic E-state index is -0.442. The smallest absolute Gasteiger partial charge is 0.337 e. The number of carbonyl (C=O) groups excluding carboxylic acids is 2. The zero-order chi connectivity index (χ0) is 22.0. The molecule has 0 aliphatic carbocycles. The lowest BCUT2D eigenvalue weighted by Crippen LogP contribution is -2.13. The topological polar surface area (TPSA) is 85.6 Å². The highest BCUT2D eigenvalue weighted by molar-refractivity contribution is 7.99. The van der Waals surface area contributed by atoms with Crippen molar-refractivity contribution in [2.75, 3.05) is 18.2 Å². The van der Waals surface area contributed by atoms with Gasteiger partial charge >= 0.3 is 5.97 Å². The van der Waals surface area contributed by atoms with Crippen LogP contribution in [0.4, 0.5) is 5.69 Å². The van der Waals surface area contributed by atoms with Crippen LogP contribution in [0.1, 0.15) is 27.9 Å². The van der Waals surface area contributed by atoms with E-state index < -0.39 is 5.97 Å². The molecule has 4 rings (SSSR count). The van der Waals surface area contributed by atoms with E-state index in [1.165, 1.54) is 18.9 Å². The molecule has 0 atom stereocenters. The van der Waals surface area contributed by atoms with Crippen LogP contribution < -0.4 is 5.32 Å². The van der Waals surface area contributed by atoms with Gasteiger partial charge in [-0.2, -0.15) is 0 Å². The van der Waals surface area contributed by atoms with Gasteiger partial charge in [-0.25, -0.2) is 4.79 Å². The van der Waals surface area contributed by atoms with Gasteiger partial charge in [-0.05, 0) is 49.2 Å². The molecule has 0 saturated heterocycles. The number of fused-ring (bicyclic) bond motifs is 3. The SMILES string of the molecule is COC(=O)c1cccc(NC(=O)CCSc2nnc3cc(C)c4cccc(C)c4n23)c1. The number of carbonyl (C=O) groups is 2. The minimum Gasteiger partial charge on any atom is -0.465 e. The summed E-state index contributed by atoms with van der Waals surface area (Å²) in [7, 11) is 1.32. The summed E-state index contributed by atoms with van der Waals surface area (Å²) < 4.78 is 6.77. The van der Waals surface area contributed by atoms with E-state index in [1.807, 2.05) is 12.1 Å². The number of ether oxygens (including phenoxy) is 1. The van der Waals surface area contributed by atoms with Gasteiger partial charge in [-0.3, -0.25) is 9.20 Å². The van der Waals surface area contributed by atoms with Crippen LogP contribution >= 0.6 is 11.8 Å². The molecule has 2 heterocycles. The van der Waals surface area contributed by atoms with Gasteiger partial charge in [-0.15, -0.1) is 10.2 Å². The summed E-state index contributed by atoms with van der Waals surface area (Å²) in [5, 5.41) is 13.4. The molecule has 0 spiro atoms. The molecule has 0 saturated carbocycles. The van der Waals surface area contributed by atoms with Gasteiger partial charge in [0.1, 0.15) is 0 Å². The molecule has 158 valence electrons. The average Bonchev–Trinajstić information content (AvgIpc) is 3.16. The molecule has 0 unspecified atom stereocenters. The van der Waals surface area contributed by atoms with E-state index in [0.717, 1.165) is 32.8 Å². The molecule has 0 fully saturated rings. The van der Waals surface area contributed by atoms with Crippen LogP contribution in [0.5, 0.6) is 0 Å². The van der Waals surface area contributed by atoms with E-state index in [4.69, 9.17) is 4.74 Å². The number of aromatic nitrogens is 3. The third-order valence-electron chi connectivity index (χ3n) is 5.02. The Balaban J connectivity index is 1.47. The summed E-state index contributed by atoms with van der Waals surface area (Å²) in [4.78, 5) is 24.0. The molecule has 1 amide bonds. The second-order valence-electron chi connectivity index (χ2n) is 7.19. The summed E-state index contributed by atoms with van der Waals surface area (Å²) in [5.74, 6) is -0.0341. The number of rotatable bonds is 6. The Hall–Kier alpha value is -3.39. The first-order chi connectivity index (χ1) is 15.0. The predicted molar refractivity (Wildman–Crippen MR) is 122 cm³/mol. The highest BCUT2D eigenvalue weighted by Gasteiger charge is 2.14. The number of aryl methyl sites for hydroxylation is 2. The van der Waals surface area contributed by atoms with Crippen molar-refractivity contribution in [1.82, 2.24) is 14.6 Å². The number of benzene rings is 2. The number of pyridine rings is 1. The lowest BCUT2D eigenvalue weighted by atomic mass is 10.1. The standard InChI is InChI=1S/C23H22N4O3S/c1-14-6-4-9-18-15(2)12-19-25-26-23(27(19)21(14)18)31-11-10-20(28)24-17-8-5-7-16(13-17)22(29)30-3/h4-9,12-13H,10-11H2,1-3H3,(H,24,28). The van der Waals surface area contributed by atoms with E-state index in [2.05, 4.69) is 45.9 Å². The molecule has 8 heteroatoms. The van der Waals surface area contributed by atoms with Crippen LogP contribution in [0.15, 0.2) is 53.7 Å². The monoisotopic (exact) mass is 434 g/mol. The van der Waals surface area contributed by atoms with Crippen LogP contribution in [0.25, 0.3) is 16.6 Å². The van der Waals surface area contributed by atoms with Crippen molar-refractivity contribution >= 4 is 45.9 Å². The molecular weight excluding hydrogens is 412 g/mol. The van der Waals surface area contributed by atoms with Crippen molar-refractivity contribution in [3.05, 3.63) is 65.2 Å². The normalized spacial score (nSPS) is 11.1. The number of hydrogen-bond donors (Lipinski definition) is 1. The second kappa shape index (κ2) is 8.77. The molecule has 0 bridgehead atoms. The fraction of sp³-hybridized carbons (Fsp3) is 0.217.